The number of amides is 1. The number of hydrogen-bond donors (Lipinski definition) is 1. The van der Waals surface area contributed by atoms with E-state index in [1.54, 1.807) is 0 Å². The van der Waals surface area contributed by atoms with Crippen LogP contribution in [-0.4, -0.2) is 42.5 Å². The molecule has 1 aromatic carbocycles. The highest BCUT2D eigenvalue weighted by Gasteiger charge is 2.33. The third kappa shape index (κ3) is 4.47. The molecule has 2 atom stereocenters. The molecule has 0 bridgehead atoms. The van der Waals surface area contributed by atoms with E-state index in [1.807, 2.05) is 30.3 Å². The molecule has 0 radical (unpaired) electrons. The monoisotopic (exact) mass is 298 g/mol. The van der Waals surface area contributed by atoms with Gasteiger partial charge in [0.05, 0.1) is 12.6 Å². The van der Waals surface area contributed by atoms with Crippen molar-refractivity contribution in [1.82, 2.24) is 4.90 Å². The Morgan fingerprint density at radius 1 is 1.33 bits per heavy atom. The Labute approximate surface area is 122 Å². The number of hydrogen-bond acceptors (Lipinski definition) is 3. The Bertz CT molecular complexity index is 456. The summed E-state index contributed by atoms with van der Waals surface area (Å²) in [5.41, 5.74) is 6.33. The number of ether oxygens (including phenoxy) is 1. The van der Waals surface area contributed by atoms with Gasteiger partial charge in [0.15, 0.2) is 0 Å². The molecule has 2 N–H and O–H groups in total. The lowest BCUT2D eigenvalue weighted by molar-refractivity contribution is -0.145. The molecule has 0 aromatic heterocycles. The van der Waals surface area contributed by atoms with Gasteiger partial charge in [0, 0.05) is 13.1 Å². The SMILES string of the molecule is NC[C@H]1CC[C@@H](C(=O)N(Cc2ccccc2)CC(F)F)O1. The molecule has 1 saturated heterocycles. The molecule has 1 amide bonds. The maximum Gasteiger partial charge on any atom is 0.255 e. The lowest BCUT2D eigenvalue weighted by atomic mass is 10.1. The molecule has 6 heteroatoms. The van der Waals surface area contributed by atoms with E-state index in [2.05, 4.69) is 0 Å². The van der Waals surface area contributed by atoms with Crippen LogP contribution in [0.4, 0.5) is 8.78 Å². The normalized spacial score (nSPS) is 21.7. The van der Waals surface area contributed by atoms with E-state index in [0.29, 0.717) is 19.4 Å². The van der Waals surface area contributed by atoms with E-state index < -0.39 is 19.1 Å². The lowest BCUT2D eigenvalue weighted by Crippen LogP contribution is -2.41. The van der Waals surface area contributed by atoms with Crippen LogP contribution < -0.4 is 5.73 Å². The van der Waals surface area contributed by atoms with Crippen LogP contribution in [0.3, 0.4) is 0 Å². The zero-order valence-corrected chi connectivity index (χ0v) is 11.8. The van der Waals surface area contributed by atoms with Crippen molar-refractivity contribution in [2.75, 3.05) is 13.1 Å². The molecule has 0 spiro atoms. The maximum atomic E-state index is 12.7. The number of rotatable bonds is 6. The number of carbonyl (C=O) groups excluding carboxylic acids is 1. The molecular weight excluding hydrogens is 278 g/mol. The van der Waals surface area contributed by atoms with Crippen molar-refractivity contribution in [3.8, 4) is 0 Å². The average Bonchev–Trinajstić information content (AvgIpc) is 2.95. The minimum absolute atomic E-state index is 0.149. The van der Waals surface area contributed by atoms with Crippen LogP contribution in [0.25, 0.3) is 0 Å². The number of benzene rings is 1. The van der Waals surface area contributed by atoms with Gasteiger partial charge in [-0.15, -0.1) is 0 Å². The first-order chi connectivity index (χ1) is 10.1. The first-order valence-corrected chi connectivity index (χ1v) is 7.06. The summed E-state index contributed by atoms with van der Waals surface area (Å²) in [7, 11) is 0. The predicted octanol–water partition coefficient (Wildman–Crippen LogP) is 1.79. The van der Waals surface area contributed by atoms with Gasteiger partial charge in [0.1, 0.15) is 6.10 Å². The van der Waals surface area contributed by atoms with Crippen molar-refractivity contribution >= 4 is 5.91 Å². The smallest absolute Gasteiger partial charge is 0.255 e. The highest BCUT2D eigenvalue weighted by molar-refractivity contribution is 5.81. The van der Waals surface area contributed by atoms with Crippen LogP contribution in [-0.2, 0) is 16.1 Å². The van der Waals surface area contributed by atoms with Crippen LogP contribution in [0.5, 0.6) is 0 Å². The first-order valence-electron chi connectivity index (χ1n) is 7.06. The quantitative estimate of drug-likeness (QED) is 0.871. The second-order valence-corrected chi connectivity index (χ2v) is 5.16. The van der Waals surface area contributed by atoms with Gasteiger partial charge in [0.25, 0.3) is 12.3 Å². The molecule has 2 rings (SSSR count). The summed E-state index contributed by atoms with van der Waals surface area (Å²) in [5.74, 6) is -0.380. The van der Waals surface area contributed by atoms with Gasteiger partial charge in [-0.1, -0.05) is 30.3 Å². The van der Waals surface area contributed by atoms with Crippen LogP contribution in [0, 0.1) is 0 Å². The third-order valence-electron chi connectivity index (χ3n) is 3.53. The Balaban J connectivity index is 2.03. The Morgan fingerprint density at radius 3 is 2.62 bits per heavy atom. The van der Waals surface area contributed by atoms with Crippen molar-refractivity contribution in [3.05, 3.63) is 35.9 Å². The van der Waals surface area contributed by atoms with Crippen LogP contribution in [0.15, 0.2) is 30.3 Å². The molecule has 1 aliphatic heterocycles. The van der Waals surface area contributed by atoms with Crippen LogP contribution >= 0.6 is 0 Å². The summed E-state index contributed by atoms with van der Waals surface area (Å²) < 4.78 is 31.0. The first kappa shape index (κ1) is 15.9. The average molecular weight is 298 g/mol. The summed E-state index contributed by atoms with van der Waals surface area (Å²) in [4.78, 5) is 13.5. The number of carbonyl (C=O) groups is 1. The van der Waals surface area contributed by atoms with E-state index >= 15 is 0 Å². The summed E-state index contributed by atoms with van der Waals surface area (Å²) >= 11 is 0. The number of alkyl halides is 2. The second kappa shape index (κ2) is 7.47. The molecule has 1 fully saturated rings. The van der Waals surface area contributed by atoms with Crippen molar-refractivity contribution in [2.24, 2.45) is 5.73 Å². The Morgan fingerprint density at radius 2 is 2.05 bits per heavy atom. The van der Waals surface area contributed by atoms with Gasteiger partial charge in [-0.3, -0.25) is 4.79 Å². The largest absolute Gasteiger partial charge is 0.364 e. The van der Waals surface area contributed by atoms with E-state index in [-0.39, 0.29) is 18.6 Å². The molecule has 1 aliphatic rings. The van der Waals surface area contributed by atoms with Crippen LogP contribution in [0.2, 0.25) is 0 Å². The minimum Gasteiger partial charge on any atom is -0.364 e. The molecule has 116 valence electrons. The summed E-state index contributed by atoms with van der Waals surface area (Å²) in [6.45, 7) is -0.0741. The summed E-state index contributed by atoms with van der Waals surface area (Å²) in [6.07, 6.45) is -2.13. The molecule has 0 unspecified atom stereocenters. The van der Waals surface area contributed by atoms with E-state index in [4.69, 9.17) is 10.5 Å². The fourth-order valence-electron chi connectivity index (χ4n) is 2.47. The van der Waals surface area contributed by atoms with Gasteiger partial charge in [-0.25, -0.2) is 8.78 Å². The highest BCUT2D eigenvalue weighted by atomic mass is 19.3. The lowest BCUT2D eigenvalue weighted by Gasteiger charge is -2.25. The van der Waals surface area contributed by atoms with Crippen molar-refractivity contribution in [2.45, 2.75) is 38.0 Å². The molecule has 21 heavy (non-hydrogen) atoms. The second-order valence-electron chi connectivity index (χ2n) is 5.16. The number of halogens is 2. The van der Waals surface area contributed by atoms with Crippen LogP contribution in [0.1, 0.15) is 18.4 Å². The van der Waals surface area contributed by atoms with Crippen molar-refractivity contribution in [3.63, 3.8) is 0 Å². The minimum atomic E-state index is -2.57. The van der Waals surface area contributed by atoms with Gasteiger partial charge in [-0.05, 0) is 18.4 Å². The molecule has 0 saturated carbocycles. The molecule has 1 heterocycles. The zero-order chi connectivity index (χ0) is 15.2. The Hall–Kier alpha value is -1.53. The van der Waals surface area contributed by atoms with Gasteiger partial charge in [0.2, 0.25) is 0 Å². The fourth-order valence-corrected chi connectivity index (χ4v) is 2.47. The number of nitrogens with zero attached hydrogens (tertiary/aromatic N) is 1. The summed E-state index contributed by atoms with van der Waals surface area (Å²) in [6, 6.07) is 9.09. The van der Waals surface area contributed by atoms with Gasteiger partial charge in [-0.2, -0.15) is 0 Å². The van der Waals surface area contributed by atoms with Crippen molar-refractivity contribution in [1.29, 1.82) is 0 Å². The van der Waals surface area contributed by atoms with E-state index in [0.717, 1.165) is 5.56 Å². The van der Waals surface area contributed by atoms with E-state index in [1.165, 1.54) is 4.90 Å². The molecular formula is C15H20F2N2O2. The van der Waals surface area contributed by atoms with Gasteiger partial charge < -0.3 is 15.4 Å². The van der Waals surface area contributed by atoms with E-state index in [9.17, 15) is 13.6 Å². The van der Waals surface area contributed by atoms with Crippen molar-refractivity contribution < 1.29 is 18.3 Å². The van der Waals surface area contributed by atoms with Gasteiger partial charge >= 0.3 is 0 Å². The summed E-state index contributed by atoms with van der Waals surface area (Å²) in [5, 5.41) is 0. The molecule has 4 nitrogen and oxygen atoms in total. The Kier molecular flexibility index (Phi) is 5.64. The predicted molar refractivity (Wildman–Crippen MR) is 74.8 cm³/mol. The topological polar surface area (TPSA) is 55.6 Å². The zero-order valence-electron chi connectivity index (χ0n) is 11.8. The highest BCUT2D eigenvalue weighted by Crippen LogP contribution is 2.22. The standard InChI is InChI=1S/C15H20F2N2O2/c16-14(17)10-19(9-11-4-2-1-3-5-11)15(20)13-7-6-12(8-18)21-13/h1-5,12-14H,6-10,18H2/t12-,13+/m1/s1. The fraction of sp³-hybridized carbons (Fsp3) is 0.533. The molecule has 1 aromatic rings. The molecule has 0 aliphatic carbocycles. The third-order valence-corrected chi connectivity index (χ3v) is 3.53. The number of nitrogens with two attached hydrogens (primary N) is 1. The maximum absolute atomic E-state index is 12.7.